The third-order valence-corrected chi connectivity index (χ3v) is 3.81. The average molecular weight is 330 g/mol. The maximum Gasteiger partial charge on any atom is 0.129 e. The van der Waals surface area contributed by atoms with Crippen molar-refractivity contribution in [1.82, 2.24) is 0 Å². The lowest BCUT2D eigenvalue weighted by atomic mass is 10.1. The van der Waals surface area contributed by atoms with Gasteiger partial charge in [-0.1, -0.05) is 22.0 Å². The number of alkyl halides is 1. The van der Waals surface area contributed by atoms with Gasteiger partial charge in [0.1, 0.15) is 16.9 Å². The fraction of sp³-hybridized carbons (Fsp3) is 0.286. The Morgan fingerprint density at radius 2 is 2.17 bits per heavy atom. The molecule has 1 unspecified atom stereocenters. The van der Waals surface area contributed by atoms with Crippen LogP contribution in [0.1, 0.15) is 29.2 Å². The summed E-state index contributed by atoms with van der Waals surface area (Å²) in [5, 5.41) is -0.301. The predicted octanol–water partition coefficient (Wildman–Crippen LogP) is 5.08. The zero-order chi connectivity index (χ0) is 13.1. The first-order valence-corrected chi connectivity index (χ1v) is 6.96. The largest absolute Gasteiger partial charge is 0.494 e. The van der Waals surface area contributed by atoms with Crippen LogP contribution in [0.15, 0.2) is 39.4 Å². The number of rotatable bonds is 4. The zero-order valence-electron chi connectivity index (χ0n) is 10.2. The molecule has 0 amide bonds. The van der Waals surface area contributed by atoms with Crippen LogP contribution in [-0.2, 0) is 0 Å². The molecule has 96 valence electrons. The molecule has 0 bridgehead atoms. The monoisotopic (exact) mass is 328 g/mol. The number of benzene rings is 1. The molecule has 0 aliphatic rings. The van der Waals surface area contributed by atoms with Crippen LogP contribution in [0.4, 0.5) is 0 Å². The molecule has 0 N–H and O–H groups in total. The second kappa shape index (κ2) is 5.81. The number of furan rings is 1. The van der Waals surface area contributed by atoms with Crippen LogP contribution in [0, 0.1) is 6.92 Å². The van der Waals surface area contributed by atoms with Gasteiger partial charge >= 0.3 is 0 Å². The summed E-state index contributed by atoms with van der Waals surface area (Å²) in [5.41, 5.74) is 2.02. The summed E-state index contributed by atoms with van der Waals surface area (Å²) in [6, 6.07) is 7.70. The van der Waals surface area contributed by atoms with Crippen LogP contribution in [-0.4, -0.2) is 6.61 Å². The van der Waals surface area contributed by atoms with Gasteiger partial charge in [-0.25, -0.2) is 0 Å². The summed E-state index contributed by atoms with van der Waals surface area (Å²) in [7, 11) is 0. The Morgan fingerprint density at radius 3 is 2.72 bits per heavy atom. The average Bonchev–Trinajstić information content (AvgIpc) is 2.75. The fourth-order valence-electron chi connectivity index (χ4n) is 1.76. The number of hydrogen-bond acceptors (Lipinski definition) is 2. The summed E-state index contributed by atoms with van der Waals surface area (Å²) in [6.07, 6.45) is 1.66. The van der Waals surface area contributed by atoms with Gasteiger partial charge in [-0.15, -0.1) is 11.6 Å². The van der Waals surface area contributed by atoms with Gasteiger partial charge in [0.25, 0.3) is 0 Å². The molecule has 1 aromatic heterocycles. The van der Waals surface area contributed by atoms with Crippen molar-refractivity contribution in [2.75, 3.05) is 6.61 Å². The number of aryl methyl sites for hydroxylation is 1. The summed E-state index contributed by atoms with van der Waals surface area (Å²) in [5.74, 6) is 1.61. The number of hydrogen-bond donors (Lipinski definition) is 0. The Hall–Kier alpha value is -0.930. The second-order valence-electron chi connectivity index (χ2n) is 3.95. The van der Waals surface area contributed by atoms with Crippen molar-refractivity contribution in [2.24, 2.45) is 0 Å². The third kappa shape index (κ3) is 2.73. The van der Waals surface area contributed by atoms with E-state index in [2.05, 4.69) is 15.9 Å². The van der Waals surface area contributed by atoms with Crippen LogP contribution >= 0.6 is 27.5 Å². The van der Waals surface area contributed by atoms with Crippen LogP contribution in [0.3, 0.4) is 0 Å². The summed E-state index contributed by atoms with van der Waals surface area (Å²) in [6.45, 7) is 4.59. The van der Waals surface area contributed by atoms with E-state index < -0.39 is 0 Å². The molecule has 0 aliphatic heterocycles. The highest BCUT2D eigenvalue weighted by Crippen LogP contribution is 2.37. The fourth-order valence-corrected chi connectivity index (χ4v) is 2.89. The van der Waals surface area contributed by atoms with Crippen molar-refractivity contribution in [1.29, 1.82) is 0 Å². The molecule has 0 saturated carbocycles. The van der Waals surface area contributed by atoms with Crippen LogP contribution in [0.5, 0.6) is 5.75 Å². The molecule has 2 aromatic rings. The topological polar surface area (TPSA) is 22.4 Å². The second-order valence-corrected chi connectivity index (χ2v) is 5.24. The first kappa shape index (κ1) is 13.5. The molecule has 18 heavy (non-hydrogen) atoms. The van der Waals surface area contributed by atoms with E-state index in [1.165, 1.54) is 0 Å². The first-order chi connectivity index (χ1) is 8.63. The molecule has 0 spiro atoms. The molecule has 0 aliphatic carbocycles. The van der Waals surface area contributed by atoms with Gasteiger partial charge in [-0.05, 0) is 43.2 Å². The van der Waals surface area contributed by atoms with Crippen molar-refractivity contribution in [2.45, 2.75) is 19.2 Å². The lowest BCUT2D eigenvalue weighted by molar-refractivity contribution is 0.340. The minimum atomic E-state index is -0.301. The Labute approximate surface area is 120 Å². The molecular formula is C14H14BrClO2. The Bertz CT molecular complexity index is 536. The van der Waals surface area contributed by atoms with Crippen molar-refractivity contribution in [3.63, 3.8) is 0 Å². The number of halogens is 2. The molecule has 0 fully saturated rings. The minimum Gasteiger partial charge on any atom is -0.494 e. The lowest BCUT2D eigenvalue weighted by Gasteiger charge is -2.12. The third-order valence-electron chi connectivity index (χ3n) is 2.69. The smallest absolute Gasteiger partial charge is 0.129 e. The molecular weight excluding hydrogens is 316 g/mol. The lowest BCUT2D eigenvalue weighted by Crippen LogP contribution is -1.97. The standard InChI is InChI=1S/C14H14BrClO2/c1-3-17-10-4-5-11(12(15)8-10)13(16)14-9(2)6-7-18-14/h4-8,13H,3H2,1-2H3. The highest BCUT2D eigenvalue weighted by molar-refractivity contribution is 9.10. The van der Waals surface area contributed by atoms with Gasteiger partial charge < -0.3 is 9.15 Å². The SMILES string of the molecule is CCOc1ccc(C(Cl)c2occc2C)c(Br)c1. The van der Waals surface area contributed by atoms with Gasteiger partial charge in [0.15, 0.2) is 0 Å². The van der Waals surface area contributed by atoms with Gasteiger partial charge in [0.2, 0.25) is 0 Å². The molecule has 0 saturated heterocycles. The van der Waals surface area contributed by atoms with Crippen molar-refractivity contribution in [3.05, 3.63) is 51.9 Å². The van der Waals surface area contributed by atoms with E-state index in [0.29, 0.717) is 6.61 Å². The van der Waals surface area contributed by atoms with Gasteiger partial charge in [-0.2, -0.15) is 0 Å². The molecule has 1 atom stereocenters. The van der Waals surface area contributed by atoms with E-state index in [9.17, 15) is 0 Å². The van der Waals surface area contributed by atoms with Gasteiger partial charge in [0.05, 0.1) is 12.9 Å². The molecule has 4 heteroatoms. The van der Waals surface area contributed by atoms with Gasteiger partial charge in [0, 0.05) is 4.47 Å². The van der Waals surface area contributed by atoms with E-state index in [1.807, 2.05) is 38.1 Å². The highest BCUT2D eigenvalue weighted by atomic mass is 79.9. The van der Waals surface area contributed by atoms with E-state index in [0.717, 1.165) is 27.1 Å². The normalized spacial score (nSPS) is 12.4. The van der Waals surface area contributed by atoms with E-state index >= 15 is 0 Å². The molecule has 0 radical (unpaired) electrons. The number of ether oxygens (including phenoxy) is 1. The molecule has 2 nitrogen and oxygen atoms in total. The minimum absolute atomic E-state index is 0.301. The maximum absolute atomic E-state index is 6.45. The molecule has 1 aromatic carbocycles. The quantitative estimate of drug-likeness (QED) is 0.730. The summed E-state index contributed by atoms with van der Waals surface area (Å²) in [4.78, 5) is 0. The zero-order valence-corrected chi connectivity index (χ0v) is 12.6. The Kier molecular flexibility index (Phi) is 4.36. The highest BCUT2D eigenvalue weighted by Gasteiger charge is 2.19. The van der Waals surface area contributed by atoms with E-state index in [-0.39, 0.29) is 5.38 Å². The van der Waals surface area contributed by atoms with Crippen molar-refractivity contribution >= 4 is 27.5 Å². The van der Waals surface area contributed by atoms with Crippen LogP contribution < -0.4 is 4.74 Å². The van der Waals surface area contributed by atoms with Crippen LogP contribution in [0.2, 0.25) is 0 Å². The summed E-state index contributed by atoms with van der Waals surface area (Å²) < 4.78 is 11.8. The molecule has 2 rings (SSSR count). The Morgan fingerprint density at radius 1 is 1.39 bits per heavy atom. The van der Waals surface area contributed by atoms with E-state index in [4.69, 9.17) is 20.8 Å². The maximum atomic E-state index is 6.45. The predicted molar refractivity (Wildman–Crippen MR) is 76.5 cm³/mol. The van der Waals surface area contributed by atoms with Gasteiger partial charge in [-0.3, -0.25) is 0 Å². The Balaban J connectivity index is 2.31. The van der Waals surface area contributed by atoms with E-state index in [1.54, 1.807) is 6.26 Å². The first-order valence-electron chi connectivity index (χ1n) is 5.73. The van der Waals surface area contributed by atoms with Crippen molar-refractivity contribution in [3.8, 4) is 5.75 Å². The van der Waals surface area contributed by atoms with Crippen LogP contribution in [0.25, 0.3) is 0 Å². The molecule has 1 heterocycles. The summed E-state index contributed by atoms with van der Waals surface area (Å²) >= 11 is 9.97. The van der Waals surface area contributed by atoms with Crippen molar-refractivity contribution < 1.29 is 9.15 Å².